The summed E-state index contributed by atoms with van der Waals surface area (Å²) in [6.45, 7) is 3.95. The largest absolute Gasteiger partial charge is 0.463 e. The average Bonchev–Trinajstić information content (AvgIpc) is 3.22. The molecule has 1 saturated heterocycles. The number of esters is 3. The highest BCUT2D eigenvalue weighted by atomic mass is 16.7. The average molecular weight is 406 g/mol. The molecular weight excluding hydrogens is 384 g/mol. The maximum atomic E-state index is 12.0. The highest BCUT2D eigenvalue weighted by molar-refractivity contribution is 5.86. The van der Waals surface area contributed by atoms with Gasteiger partial charge in [0.2, 0.25) is 0 Å². The molecule has 1 aliphatic rings. The molecule has 2 aromatic heterocycles. The molecule has 11 heteroatoms. The number of aromatic nitrogens is 3. The van der Waals surface area contributed by atoms with Crippen LogP contribution in [0.4, 0.5) is 5.82 Å². The van der Waals surface area contributed by atoms with E-state index >= 15 is 0 Å². The van der Waals surface area contributed by atoms with Crippen LogP contribution in [0.15, 0.2) is 18.6 Å². The Bertz CT molecular complexity index is 928. The van der Waals surface area contributed by atoms with Crippen molar-refractivity contribution in [2.75, 3.05) is 12.3 Å². The normalized spacial score (nSPS) is 23.7. The highest BCUT2D eigenvalue weighted by Gasteiger charge is 2.51. The first kappa shape index (κ1) is 20.5. The molecule has 0 bridgehead atoms. The van der Waals surface area contributed by atoms with E-state index in [1.54, 1.807) is 23.8 Å². The van der Waals surface area contributed by atoms with E-state index < -0.39 is 42.4 Å². The Morgan fingerprint density at radius 3 is 2.59 bits per heavy atom. The van der Waals surface area contributed by atoms with Crippen LogP contribution in [0.3, 0.4) is 0 Å². The van der Waals surface area contributed by atoms with E-state index in [1.807, 2.05) is 0 Å². The van der Waals surface area contributed by atoms with Gasteiger partial charge in [-0.05, 0) is 6.07 Å². The first-order chi connectivity index (χ1) is 13.8. The van der Waals surface area contributed by atoms with Crippen molar-refractivity contribution in [1.82, 2.24) is 14.5 Å². The fourth-order valence-corrected chi connectivity index (χ4v) is 3.16. The van der Waals surface area contributed by atoms with Crippen LogP contribution < -0.4 is 5.73 Å². The second-order valence-corrected chi connectivity index (χ2v) is 6.47. The maximum Gasteiger partial charge on any atom is 0.306 e. The van der Waals surface area contributed by atoms with Gasteiger partial charge in [-0.3, -0.25) is 14.4 Å². The van der Waals surface area contributed by atoms with Gasteiger partial charge in [0.15, 0.2) is 18.4 Å². The summed E-state index contributed by atoms with van der Waals surface area (Å²) >= 11 is 0. The maximum absolute atomic E-state index is 12.0. The van der Waals surface area contributed by atoms with Crippen LogP contribution in [0.5, 0.6) is 0 Å². The quantitative estimate of drug-likeness (QED) is 0.538. The number of anilines is 1. The summed E-state index contributed by atoms with van der Waals surface area (Å²) in [5.41, 5.74) is 6.34. The van der Waals surface area contributed by atoms with Crippen molar-refractivity contribution in [2.24, 2.45) is 0 Å². The zero-order valence-corrected chi connectivity index (χ0v) is 16.2. The van der Waals surface area contributed by atoms with E-state index in [2.05, 4.69) is 9.97 Å². The van der Waals surface area contributed by atoms with Gasteiger partial charge < -0.3 is 29.2 Å². The zero-order valence-electron chi connectivity index (χ0n) is 16.2. The molecule has 0 radical (unpaired) electrons. The van der Waals surface area contributed by atoms with Gasteiger partial charge in [0.1, 0.15) is 30.5 Å². The molecule has 1 aliphatic heterocycles. The molecule has 1 fully saturated rings. The third kappa shape index (κ3) is 4.29. The summed E-state index contributed by atoms with van der Waals surface area (Å²) in [4.78, 5) is 43.1. The predicted octanol–water partition coefficient (Wildman–Crippen LogP) is 0.727. The molecule has 2 aromatic rings. The Morgan fingerprint density at radius 1 is 1.17 bits per heavy atom. The monoisotopic (exact) mass is 406 g/mol. The molecule has 11 nitrogen and oxygen atoms in total. The van der Waals surface area contributed by atoms with Crippen LogP contribution in [0.2, 0.25) is 0 Å². The Hall–Kier alpha value is -3.21. The summed E-state index contributed by atoms with van der Waals surface area (Å²) in [7, 11) is 0. The predicted molar refractivity (Wildman–Crippen MR) is 98.2 cm³/mol. The Labute approximate surface area is 166 Å². The topological polar surface area (TPSA) is 145 Å². The van der Waals surface area contributed by atoms with Crippen LogP contribution >= 0.6 is 0 Å². The van der Waals surface area contributed by atoms with Crippen molar-refractivity contribution in [3.05, 3.63) is 18.6 Å². The molecular formula is C18H22N4O7. The third-order valence-corrected chi connectivity index (χ3v) is 4.41. The Morgan fingerprint density at radius 2 is 1.93 bits per heavy atom. The van der Waals surface area contributed by atoms with Crippen molar-refractivity contribution in [2.45, 2.75) is 51.7 Å². The number of rotatable bonds is 6. The van der Waals surface area contributed by atoms with Crippen LogP contribution in [0.1, 0.15) is 33.4 Å². The van der Waals surface area contributed by atoms with Gasteiger partial charge in [0.25, 0.3) is 0 Å². The molecule has 0 unspecified atom stereocenters. The van der Waals surface area contributed by atoms with E-state index in [1.165, 1.54) is 20.2 Å². The minimum absolute atomic E-state index is 0.116. The summed E-state index contributed by atoms with van der Waals surface area (Å²) in [6, 6.07) is 1.70. The third-order valence-electron chi connectivity index (χ3n) is 4.41. The number of hydrogen-bond donors (Lipinski definition) is 1. The van der Waals surface area contributed by atoms with Crippen LogP contribution in [0.25, 0.3) is 11.0 Å². The lowest BCUT2D eigenvalue weighted by molar-refractivity contribution is -0.167. The van der Waals surface area contributed by atoms with E-state index in [0.717, 1.165) is 0 Å². The zero-order chi connectivity index (χ0) is 21.1. The van der Waals surface area contributed by atoms with Crippen LogP contribution in [-0.2, 0) is 33.3 Å². The van der Waals surface area contributed by atoms with Crippen molar-refractivity contribution in [3.63, 3.8) is 0 Å². The molecule has 0 amide bonds. The number of hydrogen-bond acceptors (Lipinski definition) is 10. The fraction of sp³-hybridized carbons (Fsp3) is 0.500. The Balaban J connectivity index is 2.00. The number of ether oxygens (including phenoxy) is 4. The minimum Gasteiger partial charge on any atom is -0.463 e. The minimum atomic E-state index is -0.990. The second-order valence-electron chi connectivity index (χ2n) is 6.47. The number of carbonyl (C=O) groups is 3. The molecule has 4 atom stereocenters. The first-order valence-corrected chi connectivity index (χ1v) is 9.04. The van der Waals surface area contributed by atoms with E-state index in [4.69, 9.17) is 24.7 Å². The van der Waals surface area contributed by atoms with E-state index in [-0.39, 0.29) is 18.8 Å². The molecule has 3 heterocycles. The van der Waals surface area contributed by atoms with Gasteiger partial charge >= 0.3 is 17.9 Å². The highest BCUT2D eigenvalue weighted by Crippen LogP contribution is 2.36. The van der Waals surface area contributed by atoms with Crippen molar-refractivity contribution in [1.29, 1.82) is 0 Å². The summed E-state index contributed by atoms with van der Waals surface area (Å²) < 4.78 is 23.6. The smallest absolute Gasteiger partial charge is 0.306 e. The molecule has 0 aliphatic carbocycles. The first-order valence-electron chi connectivity index (χ1n) is 9.04. The van der Waals surface area contributed by atoms with Gasteiger partial charge in [-0.15, -0.1) is 0 Å². The molecule has 156 valence electrons. The van der Waals surface area contributed by atoms with Crippen molar-refractivity contribution in [3.8, 4) is 0 Å². The molecule has 0 spiro atoms. The summed E-state index contributed by atoms with van der Waals surface area (Å²) in [5, 5.41) is 0.586. The van der Waals surface area contributed by atoms with Crippen molar-refractivity contribution < 1.29 is 33.3 Å². The SMILES string of the molecule is CCC(=O)O[C@H]1[C@@H](OC(C)=O)[C@H](n2ccc3c(N)ncnc32)O[C@@H]1COC(C)=O. The lowest BCUT2D eigenvalue weighted by Gasteiger charge is -2.24. The molecule has 2 N–H and O–H groups in total. The van der Waals surface area contributed by atoms with E-state index in [9.17, 15) is 14.4 Å². The lowest BCUT2D eigenvalue weighted by atomic mass is 10.1. The van der Waals surface area contributed by atoms with Gasteiger partial charge in [-0.25, -0.2) is 9.97 Å². The van der Waals surface area contributed by atoms with Gasteiger partial charge in [-0.2, -0.15) is 0 Å². The summed E-state index contributed by atoms with van der Waals surface area (Å²) in [6.07, 6.45) is -0.632. The van der Waals surface area contributed by atoms with E-state index in [0.29, 0.717) is 11.0 Å². The van der Waals surface area contributed by atoms with Crippen molar-refractivity contribution >= 4 is 34.8 Å². The summed E-state index contributed by atoms with van der Waals surface area (Å²) in [5.74, 6) is -1.33. The molecule has 0 saturated carbocycles. The standard InChI is InChI=1S/C18H22N4O7/c1-4-13(25)29-14-12(7-26-9(2)23)28-18(15(14)27-10(3)24)22-6-5-11-16(19)20-8-21-17(11)22/h5-6,8,12,14-15,18H,4,7H2,1-3H3,(H2,19,20,21)/t12-,14-,15-,18-/m1/s1. The number of nitrogen functional groups attached to an aromatic ring is 1. The molecule has 29 heavy (non-hydrogen) atoms. The number of nitrogens with zero attached hydrogens (tertiary/aromatic N) is 3. The van der Waals surface area contributed by atoms with Crippen LogP contribution in [-0.4, -0.2) is 57.4 Å². The van der Waals surface area contributed by atoms with Gasteiger partial charge in [0.05, 0.1) is 5.39 Å². The fourth-order valence-electron chi connectivity index (χ4n) is 3.16. The van der Waals surface area contributed by atoms with Crippen LogP contribution in [0, 0.1) is 0 Å². The van der Waals surface area contributed by atoms with Gasteiger partial charge in [0, 0.05) is 26.5 Å². The van der Waals surface area contributed by atoms with Gasteiger partial charge in [-0.1, -0.05) is 6.92 Å². The number of fused-ring (bicyclic) bond motifs is 1. The molecule has 0 aromatic carbocycles. The number of nitrogens with two attached hydrogens (primary N) is 1. The molecule has 3 rings (SSSR count). The lowest BCUT2D eigenvalue weighted by Crippen LogP contribution is -2.40. The number of carbonyl (C=O) groups excluding carboxylic acids is 3. The second kappa shape index (κ2) is 8.43. The Kier molecular flexibility index (Phi) is 5.97.